The average molecular weight is 261 g/mol. The Balaban J connectivity index is 2.01. The average Bonchev–Trinajstić information content (AvgIpc) is 2.93. The molecular formula is C13H19N5O. The van der Waals surface area contributed by atoms with E-state index in [0.29, 0.717) is 23.6 Å². The Morgan fingerprint density at radius 1 is 1.21 bits per heavy atom. The molecule has 0 aliphatic heterocycles. The molecule has 6 nitrogen and oxygen atoms in total. The molecule has 6 heteroatoms. The lowest BCUT2D eigenvalue weighted by molar-refractivity contribution is 0.354. The molecular weight excluding hydrogens is 242 g/mol. The maximum absolute atomic E-state index is 5.25. The van der Waals surface area contributed by atoms with E-state index in [-0.39, 0.29) is 0 Å². The quantitative estimate of drug-likeness (QED) is 0.819. The van der Waals surface area contributed by atoms with Crippen LogP contribution < -0.4 is 5.32 Å². The van der Waals surface area contributed by atoms with Gasteiger partial charge in [0, 0.05) is 24.9 Å². The topological polar surface area (TPSA) is 76.7 Å². The smallest absolute Gasteiger partial charge is 0.240 e. The standard InChI is InChI=1S/C13H19N5O/c1-3-6-14-10(4-2)9-11-17-13(18-19-11)12-15-7-5-8-16-12/h5,7-8,10,14H,3-4,6,9H2,1-2H3. The summed E-state index contributed by atoms with van der Waals surface area (Å²) in [6.07, 6.45) is 6.20. The van der Waals surface area contributed by atoms with Crippen LogP contribution in [0.5, 0.6) is 0 Å². The molecule has 19 heavy (non-hydrogen) atoms. The molecule has 102 valence electrons. The first-order valence-corrected chi connectivity index (χ1v) is 6.66. The third-order valence-corrected chi connectivity index (χ3v) is 2.83. The maximum Gasteiger partial charge on any atom is 0.240 e. The molecule has 0 aliphatic rings. The Kier molecular flexibility index (Phi) is 4.97. The third kappa shape index (κ3) is 3.82. The van der Waals surface area contributed by atoms with Crippen molar-refractivity contribution in [2.45, 2.75) is 39.2 Å². The molecule has 0 radical (unpaired) electrons. The van der Waals surface area contributed by atoms with E-state index in [2.05, 4.69) is 39.3 Å². The van der Waals surface area contributed by atoms with Crippen molar-refractivity contribution in [3.05, 3.63) is 24.4 Å². The molecule has 1 atom stereocenters. The minimum atomic E-state index is 0.366. The van der Waals surface area contributed by atoms with E-state index in [1.807, 2.05) is 0 Å². The maximum atomic E-state index is 5.25. The summed E-state index contributed by atoms with van der Waals surface area (Å²) in [6, 6.07) is 2.12. The van der Waals surface area contributed by atoms with Crippen LogP contribution in [-0.4, -0.2) is 32.7 Å². The Morgan fingerprint density at radius 2 is 2.00 bits per heavy atom. The zero-order chi connectivity index (χ0) is 13.5. The van der Waals surface area contributed by atoms with Gasteiger partial charge in [-0.1, -0.05) is 19.0 Å². The molecule has 0 amide bonds. The van der Waals surface area contributed by atoms with Gasteiger partial charge < -0.3 is 9.84 Å². The first-order chi connectivity index (χ1) is 9.33. The lowest BCUT2D eigenvalue weighted by Gasteiger charge is -2.13. The fourth-order valence-electron chi connectivity index (χ4n) is 1.76. The van der Waals surface area contributed by atoms with Crippen LogP contribution in [0.15, 0.2) is 23.0 Å². The van der Waals surface area contributed by atoms with Gasteiger partial charge >= 0.3 is 0 Å². The summed E-state index contributed by atoms with van der Waals surface area (Å²) in [5.74, 6) is 1.56. The van der Waals surface area contributed by atoms with Gasteiger partial charge in [0.2, 0.25) is 17.5 Å². The van der Waals surface area contributed by atoms with Gasteiger partial charge in [0.1, 0.15) is 0 Å². The number of hydrogen-bond donors (Lipinski definition) is 1. The van der Waals surface area contributed by atoms with Crippen molar-refractivity contribution in [2.75, 3.05) is 6.54 Å². The monoisotopic (exact) mass is 261 g/mol. The van der Waals surface area contributed by atoms with Gasteiger partial charge in [0.15, 0.2) is 0 Å². The molecule has 0 saturated heterocycles. The highest BCUT2D eigenvalue weighted by Crippen LogP contribution is 2.11. The molecule has 0 saturated carbocycles. The largest absolute Gasteiger partial charge is 0.339 e. The van der Waals surface area contributed by atoms with Crippen molar-refractivity contribution in [3.8, 4) is 11.6 Å². The molecule has 0 aromatic carbocycles. The number of aromatic nitrogens is 4. The Hall–Kier alpha value is -1.82. The van der Waals surface area contributed by atoms with Crippen LogP contribution >= 0.6 is 0 Å². The fraction of sp³-hybridized carbons (Fsp3) is 0.538. The predicted octanol–water partition coefficient (Wildman–Crippen LogP) is 1.85. The highest BCUT2D eigenvalue weighted by Gasteiger charge is 2.14. The van der Waals surface area contributed by atoms with Crippen LogP contribution in [0.4, 0.5) is 0 Å². The molecule has 0 aliphatic carbocycles. The van der Waals surface area contributed by atoms with E-state index in [1.54, 1.807) is 18.5 Å². The second kappa shape index (κ2) is 6.94. The van der Waals surface area contributed by atoms with Gasteiger partial charge in [-0.15, -0.1) is 0 Å². The molecule has 2 aromatic rings. The zero-order valence-corrected chi connectivity index (χ0v) is 11.3. The number of nitrogens with zero attached hydrogens (tertiary/aromatic N) is 4. The summed E-state index contributed by atoms with van der Waals surface area (Å²) < 4.78 is 5.25. The van der Waals surface area contributed by atoms with Crippen molar-refractivity contribution in [2.24, 2.45) is 0 Å². The first-order valence-electron chi connectivity index (χ1n) is 6.66. The van der Waals surface area contributed by atoms with Gasteiger partial charge in [-0.3, -0.25) is 0 Å². The van der Waals surface area contributed by atoms with E-state index >= 15 is 0 Å². The summed E-state index contributed by atoms with van der Waals surface area (Å²) in [7, 11) is 0. The molecule has 1 unspecified atom stereocenters. The Labute approximate surface area is 112 Å². The summed E-state index contributed by atoms with van der Waals surface area (Å²) in [5, 5.41) is 7.37. The van der Waals surface area contributed by atoms with E-state index in [0.717, 1.165) is 25.8 Å². The molecule has 0 bridgehead atoms. The first kappa shape index (κ1) is 13.6. The number of hydrogen-bond acceptors (Lipinski definition) is 6. The normalized spacial score (nSPS) is 12.5. The van der Waals surface area contributed by atoms with Crippen molar-refractivity contribution in [1.29, 1.82) is 0 Å². The summed E-state index contributed by atoms with van der Waals surface area (Å²) in [4.78, 5) is 12.5. The van der Waals surface area contributed by atoms with E-state index in [9.17, 15) is 0 Å². The molecule has 2 rings (SSSR count). The fourth-order valence-corrected chi connectivity index (χ4v) is 1.76. The van der Waals surface area contributed by atoms with Crippen molar-refractivity contribution < 1.29 is 4.52 Å². The Morgan fingerprint density at radius 3 is 2.68 bits per heavy atom. The molecule has 0 spiro atoms. The van der Waals surface area contributed by atoms with Gasteiger partial charge in [-0.2, -0.15) is 4.98 Å². The highest BCUT2D eigenvalue weighted by atomic mass is 16.5. The minimum Gasteiger partial charge on any atom is -0.339 e. The van der Waals surface area contributed by atoms with Crippen molar-refractivity contribution in [3.63, 3.8) is 0 Å². The zero-order valence-electron chi connectivity index (χ0n) is 11.3. The van der Waals surface area contributed by atoms with Crippen molar-refractivity contribution in [1.82, 2.24) is 25.4 Å². The second-order valence-corrected chi connectivity index (χ2v) is 4.35. The SMILES string of the molecule is CCCNC(CC)Cc1nc(-c2ncccn2)no1. The van der Waals surface area contributed by atoms with Gasteiger partial charge in [-0.05, 0) is 25.5 Å². The predicted molar refractivity (Wildman–Crippen MR) is 71.4 cm³/mol. The second-order valence-electron chi connectivity index (χ2n) is 4.35. The number of rotatable bonds is 7. The van der Waals surface area contributed by atoms with Crippen LogP contribution in [0.25, 0.3) is 11.6 Å². The van der Waals surface area contributed by atoms with Gasteiger partial charge in [0.05, 0.1) is 0 Å². The molecule has 0 fully saturated rings. The lowest BCUT2D eigenvalue weighted by atomic mass is 10.1. The lowest BCUT2D eigenvalue weighted by Crippen LogP contribution is -2.31. The van der Waals surface area contributed by atoms with Crippen LogP contribution in [0.1, 0.15) is 32.6 Å². The summed E-state index contributed by atoms with van der Waals surface area (Å²) >= 11 is 0. The minimum absolute atomic E-state index is 0.366. The van der Waals surface area contributed by atoms with E-state index < -0.39 is 0 Å². The third-order valence-electron chi connectivity index (χ3n) is 2.83. The van der Waals surface area contributed by atoms with Gasteiger partial charge in [-0.25, -0.2) is 9.97 Å². The highest BCUT2D eigenvalue weighted by molar-refractivity contribution is 5.40. The van der Waals surface area contributed by atoms with Crippen LogP contribution in [0, 0.1) is 0 Å². The van der Waals surface area contributed by atoms with E-state index in [1.165, 1.54) is 0 Å². The summed E-state index contributed by atoms with van der Waals surface area (Å²) in [5.41, 5.74) is 0. The van der Waals surface area contributed by atoms with E-state index in [4.69, 9.17) is 4.52 Å². The van der Waals surface area contributed by atoms with Gasteiger partial charge in [0.25, 0.3) is 0 Å². The summed E-state index contributed by atoms with van der Waals surface area (Å²) in [6.45, 7) is 5.30. The van der Waals surface area contributed by atoms with Crippen LogP contribution in [0.3, 0.4) is 0 Å². The Bertz CT molecular complexity index is 485. The van der Waals surface area contributed by atoms with Crippen LogP contribution in [-0.2, 0) is 6.42 Å². The molecule has 1 N–H and O–H groups in total. The number of nitrogens with one attached hydrogen (secondary N) is 1. The van der Waals surface area contributed by atoms with Crippen molar-refractivity contribution >= 4 is 0 Å². The molecule has 2 heterocycles. The van der Waals surface area contributed by atoms with Crippen LogP contribution in [0.2, 0.25) is 0 Å². The molecule has 2 aromatic heterocycles.